The van der Waals surface area contributed by atoms with E-state index in [0.29, 0.717) is 0 Å². The van der Waals surface area contributed by atoms with Crippen molar-refractivity contribution >= 4 is 22.6 Å². The first-order chi connectivity index (χ1) is 17.1. The molecular weight excluding hydrogens is 459 g/mol. The summed E-state index contributed by atoms with van der Waals surface area (Å²) in [5.41, 5.74) is 5.50. The van der Waals surface area contributed by atoms with Gasteiger partial charge in [0, 0.05) is 19.6 Å². The summed E-state index contributed by atoms with van der Waals surface area (Å²) in [4.78, 5) is 5.48. The van der Waals surface area contributed by atoms with Crippen LogP contribution in [0.5, 0.6) is 0 Å². The molecule has 182 valence electrons. The standard InChI is InChI=1S/C32H33BO2S/c1-22-11-16-25(17-12-22)36(26-18-13-23(2)14-19-26)29-10-8-7-9-27(29)28-20-15-24(21-30(28)36)33-34-31(3,4)32(5,6)35-33/h7-21H,1-6H3. The van der Waals surface area contributed by atoms with Gasteiger partial charge < -0.3 is 9.31 Å². The average Bonchev–Trinajstić information content (AvgIpc) is 3.27. The summed E-state index contributed by atoms with van der Waals surface area (Å²) in [6, 6.07) is 34.1. The molecular formula is C32H33BO2S. The third-order valence-electron chi connectivity index (χ3n) is 8.12. The third kappa shape index (κ3) is 3.35. The molecule has 36 heavy (non-hydrogen) atoms. The van der Waals surface area contributed by atoms with Gasteiger partial charge in [-0.1, -0.05) is 65.7 Å². The van der Waals surface area contributed by atoms with Gasteiger partial charge >= 0.3 is 7.12 Å². The Morgan fingerprint density at radius 3 is 1.64 bits per heavy atom. The number of benzene rings is 4. The highest BCUT2D eigenvalue weighted by Gasteiger charge is 2.52. The van der Waals surface area contributed by atoms with Crippen LogP contribution in [-0.4, -0.2) is 18.3 Å². The minimum atomic E-state index is -1.69. The molecule has 0 aromatic heterocycles. The molecule has 2 aliphatic rings. The van der Waals surface area contributed by atoms with Crippen molar-refractivity contribution < 1.29 is 9.31 Å². The van der Waals surface area contributed by atoms with Crippen LogP contribution in [-0.2, 0) is 9.31 Å². The molecule has 2 heterocycles. The van der Waals surface area contributed by atoms with Crippen molar-refractivity contribution in [2.45, 2.75) is 72.3 Å². The zero-order chi connectivity index (χ0) is 25.3. The highest BCUT2D eigenvalue weighted by atomic mass is 32.3. The zero-order valence-corrected chi connectivity index (χ0v) is 22.8. The van der Waals surface area contributed by atoms with Gasteiger partial charge in [0.05, 0.1) is 11.2 Å². The largest absolute Gasteiger partial charge is 0.494 e. The monoisotopic (exact) mass is 492 g/mol. The van der Waals surface area contributed by atoms with Crippen LogP contribution in [0.15, 0.2) is 111 Å². The van der Waals surface area contributed by atoms with Gasteiger partial charge in [0.1, 0.15) is 0 Å². The van der Waals surface area contributed by atoms with Gasteiger partial charge in [-0.15, -0.1) is 10.0 Å². The molecule has 1 fully saturated rings. The predicted octanol–water partition coefficient (Wildman–Crippen LogP) is 7.92. The van der Waals surface area contributed by atoms with Crippen molar-refractivity contribution in [3.05, 3.63) is 102 Å². The first kappa shape index (κ1) is 23.6. The highest BCUT2D eigenvalue weighted by molar-refractivity contribution is 8.34. The van der Waals surface area contributed by atoms with Crippen molar-refractivity contribution in [3.63, 3.8) is 0 Å². The van der Waals surface area contributed by atoms with E-state index in [-0.39, 0.29) is 11.2 Å². The van der Waals surface area contributed by atoms with Gasteiger partial charge in [-0.05, 0) is 94.5 Å². The summed E-state index contributed by atoms with van der Waals surface area (Å²) in [5.74, 6) is 0. The lowest BCUT2D eigenvalue weighted by Crippen LogP contribution is -2.41. The second-order valence-electron chi connectivity index (χ2n) is 11.1. The Morgan fingerprint density at radius 1 is 0.583 bits per heavy atom. The normalized spacial score (nSPS) is 19.6. The van der Waals surface area contributed by atoms with Gasteiger partial charge in [-0.25, -0.2) is 0 Å². The first-order valence-electron chi connectivity index (χ1n) is 12.7. The van der Waals surface area contributed by atoms with E-state index in [4.69, 9.17) is 9.31 Å². The van der Waals surface area contributed by atoms with Crippen molar-refractivity contribution in [3.8, 4) is 11.1 Å². The van der Waals surface area contributed by atoms with Crippen LogP contribution in [0, 0.1) is 13.8 Å². The third-order valence-corrected chi connectivity index (χ3v) is 12.1. The Labute approximate surface area is 217 Å². The number of hydrogen-bond acceptors (Lipinski definition) is 2. The maximum atomic E-state index is 6.49. The number of hydrogen-bond donors (Lipinski definition) is 0. The molecule has 0 saturated carbocycles. The van der Waals surface area contributed by atoms with E-state index in [2.05, 4.69) is 133 Å². The second-order valence-corrected chi connectivity index (χ2v) is 14.1. The Balaban J connectivity index is 1.64. The Hall–Kier alpha value is -2.79. The van der Waals surface area contributed by atoms with E-state index in [1.165, 1.54) is 41.8 Å². The van der Waals surface area contributed by atoms with E-state index in [9.17, 15) is 0 Å². The van der Waals surface area contributed by atoms with Crippen LogP contribution in [0.3, 0.4) is 0 Å². The lowest BCUT2D eigenvalue weighted by atomic mass is 9.78. The quantitative estimate of drug-likeness (QED) is 0.238. The smallest absolute Gasteiger partial charge is 0.399 e. The van der Waals surface area contributed by atoms with E-state index in [1.807, 2.05) is 0 Å². The topological polar surface area (TPSA) is 18.5 Å². The molecule has 0 unspecified atom stereocenters. The van der Waals surface area contributed by atoms with Crippen molar-refractivity contribution in [1.29, 1.82) is 0 Å². The van der Waals surface area contributed by atoms with Gasteiger partial charge in [0.25, 0.3) is 0 Å². The fraction of sp³-hybridized carbons (Fsp3) is 0.250. The number of fused-ring (bicyclic) bond motifs is 3. The summed E-state index contributed by atoms with van der Waals surface area (Å²) in [6.07, 6.45) is 0. The molecule has 0 radical (unpaired) electrons. The fourth-order valence-electron chi connectivity index (χ4n) is 5.34. The highest BCUT2D eigenvalue weighted by Crippen LogP contribution is 2.79. The van der Waals surface area contributed by atoms with Crippen LogP contribution < -0.4 is 5.46 Å². The van der Waals surface area contributed by atoms with Crippen LogP contribution in [0.1, 0.15) is 38.8 Å². The molecule has 4 aromatic carbocycles. The van der Waals surface area contributed by atoms with Gasteiger partial charge in [-0.2, -0.15) is 0 Å². The number of aryl methyl sites for hydroxylation is 2. The van der Waals surface area contributed by atoms with Gasteiger partial charge in [0.15, 0.2) is 0 Å². The predicted molar refractivity (Wildman–Crippen MR) is 151 cm³/mol. The zero-order valence-electron chi connectivity index (χ0n) is 22.0. The molecule has 0 amide bonds. The molecule has 0 spiro atoms. The summed E-state index contributed by atoms with van der Waals surface area (Å²) >= 11 is 0. The van der Waals surface area contributed by atoms with Gasteiger partial charge in [0.2, 0.25) is 0 Å². The Kier molecular flexibility index (Phi) is 5.32. The van der Waals surface area contributed by atoms with E-state index in [1.54, 1.807) is 0 Å². The molecule has 0 N–H and O–H groups in total. The molecule has 1 saturated heterocycles. The maximum Gasteiger partial charge on any atom is 0.494 e. The van der Waals surface area contributed by atoms with Crippen LogP contribution in [0.2, 0.25) is 0 Å². The van der Waals surface area contributed by atoms with Crippen molar-refractivity contribution in [2.75, 3.05) is 0 Å². The Morgan fingerprint density at radius 2 is 1.08 bits per heavy atom. The first-order valence-corrected chi connectivity index (χ1v) is 14.3. The van der Waals surface area contributed by atoms with Crippen LogP contribution in [0.25, 0.3) is 11.1 Å². The molecule has 2 aliphatic heterocycles. The van der Waals surface area contributed by atoms with Crippen molar-refractivity contribution in [2.24, 2.45) is 0 Å². The molecule has 6 rings (SSSR count). The fourth-order valence-corrected chi connectivity index (χ4v) is 9.57. The summed E-state index contributed by atoms with van der Waals surface area (Å²) in [5, 5.41) is 0. The molecule has 0 aliphatic carbocycles. The molecule has 0 bridgehead atoms. The minimum Gasteiger partial charge on any atom is -0.399 e. The molecule has 4 heteroatoms. The van der Waals surface area contributed by atoms with Crippen LogP contribution >= 0.6 is 10.0 Å². The lowest BCUT2D eigenvalue weighted by Gasteiger charge is -2.39. The second kappa shape index (κ2) is 8.11. The van der Waals surface area contributed by atoms with E-state index in [0.717, 1.165) is 5.46 Å². The molecule has 2 nitrogen and oxygen atoms in total. The van der Waals surface area contributed by atoms with Crippen molar-refractivity contribution in [1.82, 2.24) is 0 Å². The SMILES string of the molecule is Cc1ccc(S2(c3ccc(C)cc3)c3ccccc3-c3ccc(B4OC(C)(C)C(C)(C)O4)cc32)cc1. The summed E-state index contributed by atoms with van der Waals surface area (Å²) in [6.45, 7) is 12.8. The lowest BCUT2D eigenvalue weighted by molar-refractivity contribution is 0.00578. The number of rotatable bonds is 3. The Bertz CT molecular complexity index is 1390. The molecule has 4 aromatic rings. The maximum absolute atomic E-state index is 6.49. The minimum absolute atomic E-state index is 0.377. The van der Waals surface area contributed by atoms with Gasteiger partial charge in [-0.3, -0.25) is 0 Å². The molecule has 0 atom stereocenters. The van der Waals surface area contributed by atoms with E-state index < -0.39 is 17.1 Å². The van der Waals surface area contributed by atoms with E-state index >= 15 is 0 Å². The van der Waals surface area contributed by atoms with Crippen LogP contribution in [0.4, 0.5) is 0 Å². The summed E-state index contributed by atoms with van der Waals surface area (Å²) < 4.78 is 13.0. The average molecular weight is 492 g/mol. The summed E-state index contributed by atoms with van der Waals surface area (Å²) in [7, 11) is -2.08.